The van der Waals surface area contributed by atoms with Crippen LogP contribution >= 0.6 is 11.6 Å². The van der Waals surface area contributed by atoms with Gasteiger partial charge in [-0.2, -0.15) is 0 Å². The third kappa shape index (κ3) is 5.18. The van der Waals surface area contributed by atoms with Gasteiger partial charge in [-0.1, -0.05) is 11.6 Å². The van der Waals surface area contributed by atoms with Crippen LogP contribution in [0.25, 0.3) is 0 Å². The summed E-state index contributed by atoms with van der Waals surface area (Å²) >= 11 is 6.01. The summed E-state index contributed by atoms with van der Waals surface area (Å²) in [6, 6.07) is 3.12. The van der Waals surface area contributed by atoms with E-state index in [9.17, 15) is 13.6 Å². The Morgan fingerprint density at radius 3 is 2.75 bits per heavy atom. The van der Waals surface area contributed by atoms with E-state index in [4.69, 9.17) is 26.8 Å². The number of benzene rings is 1. The number of halogens is 3. The van der Waals surface area contributed by atoms with Gasteiger partial charge in [-0.25, -0.2) is 8.78 Å². The van der Waals surface area contributed by atoms with Gasteiger partial charge in [0.2, 0.25) is 0 Å². The van der Waals surface area contributed by atoms with Crippen LogP contribution in [0.3, 0.4) is 0 Å². The highest BCUT2D eigenvalue weighted by molar-refractivity contribution is 6.32. The zero-order chi connectivity index (χ0) is 15.1. The van der Waals surface area contributed by atoms with E-state index >= 15 is 0 Å². The first kappa shape index (κ1) is 16.5. The molecule has 0 bridgehead atoms. The summed E-state index contributed by atoms with van der Waals surface area (Å²) in [7, 11) is 1.40. The molecule has 5 nitrogen and oxygen atoms in total. The summed E-state index contributed by atoms with van der Waals surface area (Å²) in [5.74, 6) is -0.163. The van der Waals surface area contributed by atoms with Gasteiger partial charge in [-0.3, -0.25) is 4.79 Å². The lowest BCUT2D eigenvalue weighted by atomic mass is 10.2. The molecule has 0 aromatic heterocycles. The van der Waals surface area contributed by atoms with E-state index < -0.39 is 18.9 Å². The molecule has 1 aromatic carbocycles. The van der Waals surface area contributed by atoms with E-state index in [0.29, 0.717) is 11.3 Å². The van der Waals surface area contributed by atoms with Crippen LogP contribution in [0.4, 0.5) is 8.78 Å². The van der Waals surface area contributed by atoms with Gasteiger partial charge in [0, 0.05) is 6.54 Å². The number of rotatable bonds is 8. The second kappa shape index (κ2) is 7.86. The Kier molecular flexibility index (Phi) is 6.47. The van der Waals surface area contributed by atoms with Gasteiger partial charge in [0.15, 0.2) is 18.1 Å². The topological polar surface area (TPSA) is 73.6 Å². The summed E-state index contributed by atoms with van der Waals surface area (Å²) in [6.07, 6.45) is -2.43. The highest BCUT2D eigenvalue weighted by Crippen LogP contribution is 2.36. The van der Waals surface area contributed by atoms with Gasteiger partial charge in [0.1, 0.15) is 0 Å². The van der Waals surface area contributed by atoms with Gasteiger partial charge >= 0.3 is 0 Å². The first-order valence-electron chi connectivity index (χ1n) is 5.70. The van der Waals surface area contributed by atoms with Crippen LogP contribution in [0.5, 0.6) is 11.5 Å². The number of nitrogens with two attached hydrogens (primary N) is 1. The minimum atomic E-state index is -2.43. The van der Waals surface area contributed by atoms with Crippen molar-refractivity contribution in [3.63, 3.8) is 0 Å². The molecule has 112 valence electrons. The largest absolute Gasteiger partial charge is 0.493 e. The molecule has 20 heavy (non-hydrogen) atoms. The number of nitrogens with one attached hydrogen (secondary N) is 1. The van der Waals surface area contributed by atoms with Crippen molar-refractivity contribution >= 4 is 17.5 Å². The third-order valence-corrected chi connectivity index (χ3v) is 2.56. The molecule has 0 spiro atoms. The minimum absolute atomic E-state index is 0.186. The smallest absolute Gasteiger partial charge is 0.255 e. The minimum Gasteiger partial charge on any atom is -0.493 e. The number of amides is 1. The lowest BCUT2D eigenvalue weighted by Crippen LogP contribution is -2.21. The second-order valence-corrected chi connectivity index (χ2v) is 4.29. The SMILES string of the molecule is COc1cc(CNCC(F)F)cc(Cl)c1OCC(N)=O. The Bertz CT molecular complexity index is 472. The van der Waals surface area contributed by atoms with Gasteiger partial charge < -0.3 is 20.5 Å². The Labute approximate surface area is 120 Å². The molecule has 0 aliphatic heterocycles. The molecule has 0 fully saturated rings. The highest BCUT2D eigenvalue weighted by atomic mass is 35.5. The number of methoxy groups -OCH3 is 1. The number of hydrogen-bond donors (Lipinski definition) is 2. The monoisotopic (exact) mass is 308 g/mol. The van der Waals surface area contributed by atoms with Crippen LogP contribution in [0.2, 0.25) is 5.02 Å². The van der Waals surface area contributed by atoms with Crippen molar-refractivity contribution in [1.82, 2.24) is 5.32 Å². The predicted molar refractivity (Wildman–Crippen MR) is 70.4 cm³/mol. The molecule has 1 aromatic rings. The van der Waals surface area contributed by atoms with E-state index in [1.54, 1.807) is 12.1 Å². The third-order valence-electron chi connectivity index (χ3n) is 2.28. The molecular weight excluding hydrogens is 294 g/mol. The molecule has 1 amide bonds. The maximum absolute atomic E-state index is 12.0. The van der Waals surface area contributed by atoms with Gasteiger partial charge in [0.05, 0.1) is 18.7 Å². The quantitative estimate of drug-likeness (QED) is 0.764. The maximum Gasteiger partial charge on any atom is 0.255 e. The maximum atomic E-state index is 12.0. The van der Waals surface area contributed by atoms with E-state index in [1.165, 1.54) is 7.11 Å². The summed E-state index contributed by atoms with van der Waals surface area (Å²) in [5, 5.41) is 2.78. The Morgan fingerprint density at radius 2 is 2.20 bits per heavy atom. The molecule has 3 N–H and O–H groups in total. The zero-order valence-electron chi connectivity index (χ0n) is 10.8. The van der Waals surface area contributed by atoms with E-state index in [1.807, 2.05) is 0 Å². The predicted octanol–water partition coefficient (Wildman–Crippen LogP) is 1.57. The molecule has 0 saturated heterocycles. The number of ether oxygens (including phenoxy) is 2. The normalized spacial score (nSPS) is 10.7. The van der Waals surface area contributed by atoms with Gasteiger partial charge in [-0.05, 0) is 17.7 Å². The second-order valence-electron chi connectivity index (χ2n) is 3.89. The summed E-state index contributed by atoms with van der Waals surface area (Å²) in [6.45, 7) is -0.546. The molecule has 0 aliphatic rings. The van der Waals surface area contributed by atoms with Crippen LogP contribution in [0, 0.1) is 0 Å². The fourth-order valence-electron chi connectivity index (χ4n) is 1.48. The number of primary amides is 1. The molecule has 0 heterocycles. The van der Waals surface area contributed by atoms with Crippen molar-refractivity contribution in [3.8, 4) is 11.5 Å². The van der Waals surface area contributed by atoms with Crippen molar-refractivity contribution in [3.05, 3.63) is 22.7 Å². The molecule has 0 aliphatic carbocycles. The lowest BCUT2D eigenvalue weighted by molar-refractivity contribution is -0.119. The van der Waals surface area contributed by atoms with Crippen molar-refractivity contribution in [2.24, 2.45) is 5.73 Å². The fraction of sp³-hybridized carbons (Fsp3) is 0.417. The number of hydrogen-bond acceptors (Lipinski definition) is 4. The standard InChI is InChI=1S/C12H15ClF2N2O3/c1-19-9-3-7(4-17-5-10(14)15)2-8(13)12(9)20-6-11(16)18/h2-3,10,17H,4-6H2,1H3,(H2,16,18). The van der Waals surface area contributed by atoms with E-state index in [2.05, 4.69) is 5.32 Å². The van der Waals surface area contributed by atoms with Crippen molar-refractivity contribution in [1.29, 1.82) is 0 Å². The first-order chi connectivity index (χ1) is 9.43. The number of alkyl halides is 2. The van der Waals surface area contributed by atoms with Gasteiger partial charge in [0.25, 0.3) is 12.3 Å². The molecule has 8 heteroatoms. The summed E-state index contributed by atoms with van der Waals surface area (Å²) in [5.41, 5.74) is 5.63. The van der Waals surface area contributed by atoms with Crippen molar-refractivity contribution in [2.45, 2.75) is 13.0 Å². The number of carbonyl (C=O) groups excluding carboxylic acids is 1. The lowest BCUT2D eigenvalue weighted by Gasteiger charge is -2.13. The Hall–Kier alpha value is -1.60. The van der Waals surface area contributed by atoms with Gasteiger partial charge in [-0.15, -0.1) is 0 Å². The highest BCUT2D eigenvalue weighted by Gasteiger charge is 2.13. The van der Waals surface area contributed by atoms with Crippen LogP contribution in [0.1, 0.15) is 5.56 Å². The molecule has 1 rings (SSSR count). The average molecular weight is 309 g/mol. The zero-order valence-corrected chi connectivity index (χ0v) is 11.5. The van der Waals surface area contributed by atoms with Crippen LogP contribution in [0.15, 0.2) is 12.1 Å². The van der Waals surface area contributed by atoms with Crippen LogP contribution in [-0.4, -0.2) is 32.6 Å². The van der Waals surface area contributed by atoms with Crippen molar-refractivity contribution in [2.75, 3.05) is 20.3 Å². The summed E-state index contributed by atoms with van der Waals surface area (Å²) < 4.78 is 34.3. The van der Waals surface area contributed by atoms with E-state index in [0.717, 1.165) is 0 Å². The fourth-order valence-corrected chi connectivity index (χ4v) is 1.77. The van der Waals surface area contributed by atoms with Crippen molar-refractivity contribution < 1.29 is 23.0 Å². The molecule has 0 atom stereocenters. The molecule has 0 unspecified atom stereocenters. The first-order valence-corrected chi connectivity index (χ1v) is 6.08. The molecular formula is C12H15ClF2N2O3. The average Bonchev–Trinajstić information content (AvgIpc) is 2.36. The van der Waals surface area contributed by atoms with Crippen LogP contribution < -0.4 is 20.5 Å². The Morgan fingerprint density at radius 1 is 1.50 bits per heavy atom. The molecule has 0 radical (unpaired) electrons. The Balaban J connectivity index is 2.81. The molecule has 0 saturated carbocycles. The number of carbonyl (C=O) groups is 1. The van der Waals surface area contributed by atoms with E-state index in [-0.39, 0.29) is 23.9 Å². The van der Waals surface area contributed by atoms with Crippen LogP contribution in [-0.2, 0) is 11.3 Å². The summed E-state index contributed by atoms with van der Waals surface area (Å²) in [4.78, 5) is 10.7.